The van der Waals surface area contributed by atoms with E-state index in [1.54, 1.807) is 4.90 Å². The van der Waals surface area contributed by atoms with Crippen molar-refractivity contribution in [1.29, 1.82) is 0 Å². The molecular weight excluding hydrogens is 298 g/mol. The molecule has 23 heavy (non-hydrogen) atoms. The average molecular weight is 327 g/mol. The number of nitrogens with one attached hydrogen (secondary N) is 1. The topological polar surface area (TPSA) is 82.1 Å². The summed E-state index contributed by atoms with van der Waals surface area (Å²) in [5.74, 6) is -1.06. The number of hydrogen-bond acceptors (Lipinski definition) is 5. The molecule has 2 N–H and O–H groups in total. The summed E-state index contributed by atoms with van der Waals surface area (Å²) >= 11 is 0. The molecule has 2 aliphatic heterocycles. The van der Waals surface area contributed by atoms with Gasteiger partial charge in [0.05, 0.1) is 5.92 Å². The number of carbonyl (C=O) groups is 2. The Morgan fingerprint density at radius 1 is 1.22 bits per heavy atom. The molecule has 0 aromatic rings. The quantitative estimate of drug-likeness (QED) is 0.787. The number of hydrogen-bond donors (Lipinski definition) is 2. The minimum Gasteiger partial charge on any atom is -0.481 e. The Morgan fingerprint density at radius 2 is 1.91 bits per heavy atom. The van der Waals surface area contributed by atoms with Crippen LogP contribution in [-0.4, -0.2) is 77.4 Å². The molecule has 0 spiro atoms. The van der Waals surface area contributed by atoms with Crippen LogP contribution in [0.4, 0.5) is 4.79 Å². The van der Waals surface area contributed by atoms with Crippen LogP contribution < -0.4 is 5.32 Å². The van der Waals surface area contributed by atoms with Gasteiger partial charge in [0.2, 0.25) is 0 Å². The zero-order chi connectivity index (χ0) is 17.2. The molecule has 0 saturated carbocycles. The van der Waals surface area contributed by atoms with Crippen LogP contribution in [0.25, 0.3) is 0 Å². The van der Waals surface area contributed by atoms with E-state index in [-0.39, 0.29) is 24.1 Å². The van der Waals surface area contributed by atoms with Crippen molar-refractivity contribution in [2.24, 2.45) is 5.92 Å². The molecule has 2 heterocycles. The van der Waals surface area contributed by atoms with Gasteiger partial charge in [-0.1, -0.05) is 0 Å². The summed E-state index contributed by atoms with van der Waals surface area (Å²) in [5, 5.41) is 12.4. The lowest BCUT2D eigenvalue weighted by atomic mass is 9.93. The Hall–Kier alpha value is -1.34. The van der Waals surface area contributed by atoms with Crippen LogP contribution in [0.15, 0.2) is 0 Å². The molecule has 0 aliphatic carbocycles. The molecule has 2 fully saturated rings. The highest BCUT2D eigenvalue weighted by Crippen LogP contribution is 2.22. The fourth-order valence-corrected chi connectivity index (χ4v) is 3.37. The van der Waals surface area contributed by atoms with Crippen LogP contribution in [0.1, 0.15) is 34.1 Å². The van der Waals surface area contributed by atoms with Crippen LogP contribution in [0.3, 0.4) is 0 Å². The van der Waals surface area contributed by atoms with Crippen LogP contribution >= 0.6 is 0 Å². The Kier molecular flexibility index (Phi) is 5.52. The Labute approximate surface area is 138 Å². The molecular formula is C16H29N3O4. The highest BCUT2D eigenvalue weighted by atomic mass is 16.6. The lowest BCUT2D eigenvalue weighted by Crippen LogP contribution is -2.61. The van der Waals surface area contributed by atoms with Crippen molar-refractivity contribution in [2.75, 3.05) is 32.7 Å². The van der Waals surface area contributed by atoms with Crippen LogP contribution in [0.5, 0.6) is 0 Å². The molecule has 0 bridgehead atoms. The number of rotatable bonds is 2. The van der Waals surface area contributed by atoms with Crippen LogP contribution in [0.2, 0.25) is 0 Å². The molecule has 2 rings (SSSR count). The van der Waals surface area contributed by atoms with E-state index in [0.29, 0.717) is 26.1 Å². The average Bonchev–Trinajstić information content (AvgIpc) is 2.45. The van der Waals surface area contributed by atoms with Crippen molar-refractivity contribution >= 4 is 12.1 Å². The summed E-state index contributed by atoms with van der Waals surface area (Å²) in [7, 11) is 0. The number of aliphatic carboxylic acids is 1. The summed E-state index contributed by atoms with van der Waals surface area (Å²) in [4.78, 5) is 27.5. The number of carboxylic acid groups (broad SMARTS) is 1. The van der Waals surface area contributed by atoms with Gasteiger partial charge in [0.25, 0.3) is 0 Å². The molecule has 1 amide bonds. The monoisotopic (exact) mass is 327 g/mol. The van der Waals surface area contributed by atoms with Gasteiger partial charge >= 0.3 is 12.1 Å². The van der Waals surface area contributed by atoms with Gasteiger partial charge in [0.1, 0.15) is 5.60 Å². The molecule has 132 valence electrons. The first-order valence-electron chi connectivity index (χ1n) is 8.34. The first kappa shape index (κ1) is 18.0. The van der Waals surface area contributed by atoms with Gasteiger partial charge in [-0.15, -0.1) is 0 Å². The van der Waals surface area contributed by atoms with Crippen molar-refractivity contribution in [2.45, 2.75) is 51.8 Å². The van der Waals surface area contributed by atoms with Gasteiger partial charge in [0.15, 0.2) is 0 Å². The molecule has 7 heteroatoms. The molecule has 7 nitrogen and oxygen atoms in total. The summed E-state index contributed by atoms with van der Waals surface area (Å²) in [6.07, 6.45) is 0.397. The van der Waals surface area contributed by atoms with Crippen molar-refractivity contribution in [3.8, 4) is 0 Å². The fraction of sp³-hybridized carbons (Fsp3) is 0.875. The first-order valence-corrected chi connectivity index (χ1v) is 8.34. The predicted octanol–water partition coefficient (Wildman–Crippen LogP) is 0.990. The fourth-order valence-electron chi connectivity index (χ4n) is 3.37. The maximum Gasteiger partial charge on any atom is 0.410 e. The number of ether oxygens (including phenoxy) is 1. The third-order valence-corrected chi connectivity index (χ3v) is 4.48. The predicted molar refractivity (Wildman–Crippen MR) is 86.4 cm³/mol. The zero-order valence-electron chi connectivity index (χ0n) is 14.5. The third-order valence-electron chi connectivity index (χ3n) is 4.48. The highest BCUT2D eigenvalue weighted by Gasteiger charge is 2.36. The molecule has 2 aliphatic rings. The molecule has 0 unspecified atom stereocenters. The van der Waals surface area contributed by atoms with Crippen molar-refractivity contribution in [1.82, 2.24) is 15.1 Å². The minimum absolute atomic E-state index is 0.190. The number of piperidine rings is 1. The van der Waals surface area contributed by atoms with E-state index in [0.717, 1.165) is 13.1 Å². The van der Waals surface area contributed by atoms with E-state index in [1.165, 1.54) is 0 Å². The largest absolute Gasteiger partial charge is 0.481 e. The molecule has 3 atom stereocenters. The van der Waals surface area contributed by atoms with Gasteiger partial charge in [-0.3, -0.25) is 9.69 Å². The second kappa shape index (κ2) is 7.05. The molecule has 0 aromatic carbocycles. The molecule has 0 aromatic heterocycles. The normalized spacial score (nSPS) is 30.1. The molecule has 2 saturated heterocycles. The summed E-state index contributed by atoms with van der Waals surface area (Å²) in [5.41, 5.74) is -0.487. The van der Waals surface area contributed by atoms with Crippen molar-refractivity contribution < 1.29 is 19.4 Å². The third kappa shape index (κ3) is 4.81. The second-order valence-electron chi connectivity index (χ2n) is 7.60. The standard InChI is InChI=1S/C16H29N3O4/c1-11-10-18(15(22)23-16(2,3)4)5-6-19(11)13-7-12(14(20)21)8-17-9-13/h11-13,17H,5-10H2,1-4H3,(H,20,21)/t11-,12+,13+/m0/s1. The SMILES string of the molecule is C[C@H]1CN(C(=O)OC(C)(C)C)CCN1[C@H]1CNC[C@H](C(=O)O)C1. The Bertz CT molecular complexity index is 449. The van der Waals surface area contributed by atoms with Gasteiger partial charge in [0, 0.05) is 44.8 Å². The van der Waals surface area contributed by atoms with Gasteiger partial charge in [-0.25, -0.2) is 4.79 Å². The van der Waals surface area contributed by atoms with Gasteiger partial charge in [-0.2, -0.15) is 0 Å². The zero-order valence-corrected chi connectivity index (χ0v) is 14.5. The Morgan fingerprint density at radius 3 is 2.48 bits per heavy atom. The van der Waals surface area contributed by atoms with Gasteiger partial charge in [-0.05, 0) is 34.1 Å². The number of carbonyl (C=O) groups excluding carboxylic acids is 1. The number of amides is 1. The van der Waals surface area contributed by atoms with E-state index in [1.807, 2.05) is 20.8 Å². The van der Waals surface area contributed by atoms with Gasteiger partial charge < -0.3 is 20.1 Å². The number of piperazine rings is 1. The Balaban J connectivity index is 1.91. The molecule has 0 radical (unpaired) electrons. The van der Waals surface area contributed by atoms with E-state index in [4.69, 9.17) is 4.74 Å². The maximum atomic E-state index is 12.2. The van der Waals surface area contributed by atoms with Crippen LogP contribution in [0, 0.1) is 5.92 Å². The summed E-state index contributed by atoms with van der Waals surface area (Å²) < 4.78 is 5.43. The number of nitrogens with zero attached hydrogens (tertiary/aromatic N) is 2. The van der Waals surface area contributed by atoms with Crippen molar-refractivity contribution in [3.05, 3.63) is 0 Å². The van der Waals surface area contributed by atoms with E-state index >= 15 is 0 Å². The van der Waals surface area contributed by atoms with E-state index in [2.05, 4.69) is 17.1 Å². The van der Waals surface area contributed by atoms with Crippen molar-refractivity contribution in [3.63, 3.8) is 0 Å². The lowest BCUT2D eigenvalue weighted by Gasteiger charge is -2.45. The minimum atomic E-state index is -0.734. The second-order valence-corrected chi connectivity index (χ2v) is 7.60. The van der Waals surface area contributed by atoms with E-state index < -0.39 is 11.6 Å². The summed E-state index contributed by atoms with van der Waals surface area (Å²) in [6, 6.07) is 0.399. The first-order chi connectivity index (χ1) is 10.7. The summed E-state index contributed by atoms with van der Waals surface area (Å²) in [6.45, 7) is 11.0. The lowest BCUT2D eigenvalue weighted by molar-refractivity contribution is -0.143. The smallest absolute Gasteiger partial charge is 0.410 e. The van der Waals surface area contributed by atoms with Crippen LogP contribution in [-0.2, 0) is 9.53 Å². The highest BCUT2D eigenvalue weighted by molar-refractivity contribution is 5.70. The number of carboxylic acids is 1. The maximum absolute atomic E-state index is 12.2. The van der Waals surface area contributed by atoms with E-state index in [9.17, 15) is 14.7 Å².